The Balaban J connectivity index is 2.49. The predicted octanol–water partition coefficient (Wildman–Crippen LogP) is 1.99. The van der Waals surface area contributed by atoms with Crippen molar-refractivity contribution in [2.75, 3.05) is 13.6 Å². The molecular formula is C11H15NO3S. The summed E-state index contributed by atoms with van der Waals surface area (Å²) < 4.78 is 0. The number of carbonyl (C=O) groups excluding carboxylic acids is 1. The fraction of sp³-hybridized carbons (Fsp3) is 0.455. The predicted molar refractivity (Wildman–Crippen MR) is 62.9 cm³/mol. The van der Waals surface area contributed by atoms with Gasteiger partial charge >= 0.3 is 5.97 Å². The third-order valence-electron chi connectivity index (χ3n) is 2.29. The second kappa shape index (κ2) is 5.65. The van der Waals surface area contributed by atoms with Crippen LogP contribution in [0.3, 0.4) is 0 Å². The molecule has 0 spiro atoms. The van der Waals surface area contributed by atoms with Gasteiger partial charge in [-0.05, 0) is 30.4 Å². The maximum absolute atomic E-state index is 11.9. The van der Waals surface area contributed by atoms with Crippen LogP contribution in [0.1, 0.15) is 28.1 Å². The average Bonchev–Trinajstić information content (AvgIpc) is 2.62. The zero-order valence-electron chi connectivity index (χ0n) is 9.40. The summed E-state index contributed by atoms with van der Waals surface area (Å²) in [5.41, 5.74) is 0.972. The molecule has 0 radical (unpaired) electrons. The molecule has 0 aliphatic heterocycles. The van der Waals surface area contributed by atoms with Crippen LogP contribution in [0, 0.1) is 6.92 Å². The number of aryl methyl sites for hydroxylation is 1. The molecule has 4 nitrogen and oxygen atoms in total. The first-order valence-electron chi connectivity index (χ1n) is 5.03. The van der Waals surface area contributed by atoms with Crippen molar-refractivity contribution in [3.05, 3.63) is 21.9 Å². The molecule has 0 aliphatic carbocycles. The summed E-state index contributed by atoms with van der Waals surface area (Å²) in [7, 11) is 1.70. The van der Waals surface area contributed by atoms with Gasteiger partial charge in [0.15, 0.2) is 0 Å². The molecule has 0 saturated carbocycles. The Labute approximate surface area is 98.5 Å². The van der Waals surface area contributed by atoms with E-state index in [-0.39, 0.29) is 12.3 Å². The van der Waals surface area contributed by atoms with E-state index in [1.165, 1.54) is 11.3 Å². The fourth-order valence-electron chi connectivity index (χ4n) is 1.33. The van der Waals surface area contributed by atoms with Crippen LogP contribution >= 0.6 is 11.3 Å². The highest BCUT2D eigenvalue weighted by atomic mass is 32.1. The number of nitrogens with zero attached hydrogens (tertiary/aromatic N) is 1. The highest BCUT2D eigenvalue weighted by molar-refractivity contribution is 7.12. The van der Waals surface area contributed by atoms with Gasteiger partial charge in [0.05, 0.1) is 4.88 Å². The Morgan fingerprint density at radius 2 is 2.19 bits per heavy atom. The van der Waals surface area contributed by atoms with E-state index in [0.717, 1.165) is 10.4 Å². The molecule has 0 aliphatic rings. The number of hydrogen-bond donors (Lipinski definition) is 1. The Bertz CT molecular complexity index is 386. The Kier molecular flexibility index (Phi) is 4.49. The van der Waals surface area contributed by atoms with Crippen LogP contribution in [0.2, 0.25) is 0 Å². The average molecular weight is 241 g/mol. The highest BCUT2D eigenvalue weighted by Crippen LogP contribution is 2.17. The normalized spacial score (nSPS) is 10.1. The van der Waals surface area contributed by atoms with Gasteiger partial charge in [-0.2, -0.15) is 0 Å². The zero-order chi connectivity index (χ0) is 12.1. The molecule has 1 N–H and O–H groups in total. The molecule has 1 aromatic rings. The maximum atomic E-state index is 11.9. The summed E-state index contributed by atoms with van der Waals surface area (Å²) in [4.78, 5) is 24.5. The van der Waals surface area contributed by atoms with Gasteiger partial charge in [-0.25, -0.2) is 0 Å². The first kappa shape index (κ1) is 12.7. The summed E-state index contributed by atoms with van der Waals surface area (Å²) in [5.74, 6) is -0.856. The third kappa shape index (κ3) is 3.34. The standard InChI is InChI=1S/C11H15NO3S/c1-8-5-7-16-10(8)11(15)12(2)6-3-4-9(13)14/h5,7H,3-4,6H2,1-2H3,(H,13,14). The Hall–Kier alpha value is -1.36. The Morgan fingerprint density at radius 3 is 2.69 bits per heavy atom. The fourth-order valence-corrected chi connectivity index (χ4v) is 2.25. The molecular weight excluding hydrogens is 226 g/mol. The number of carbonyl (C=O) groups is 2. The molecule has 1 aromatic heterocycles. The van der Waals surface area contributed by atoms with E-state index in [1.807, 2.05) is 18.4 Å². The minimum atomic E-state index is -0.826. The minimum Gasteiger partial charge on any atom is -0.481 e. The molecule has 88 valence electrons. The van der Waals surface area contributed by atoms with Gasteiger partial charge in [0, 0.05) is 20.0 Å². The number of carboxylic acids is 1. The topological polar surface area (TPSA) is 57.6 Å². The van der Waals surface area contributed by atoms with Crippen LogP contribution in [0.4, 0.5) is 0 Å². The first-order valence-corrected chi connectivity index (χ1v) is 5.91. The van der Waals surface area contributed by atoms with Crippen molar-refractivity contribution in [1.82, 2.24) is 4.90 Å². The van der Waals surface area contributed by atoms with E-state index >= 15 is 0 Å². The number of rotatable bonds is 5. The summed E-state index contributed by atoms with van der Waals surface area (Å²) in [5, 5.41) is 10.4. The number of aliphatic carboxylic acids is 1. The van der Waals surface area contributed by atoms with Crippen molar-refractivity contribution in [3.8, 4) is 0 Å². The molecule has 1 amide bonds. The summed E-state index contributed by atoms with van der Waals surface area (Å²) in [6.45, 7) is 2.37. The van der Waals surface area contributed by atoms with Crippen LogP contribution in [0.15, 0.2) is 11.4 Å². The van der Waals surface area contributed by atoms with E-state index in [1.54, 1.807) is 11.9 Å². The van der Waals surface area contributed by atoms with Gasteiger partial charge in [0.2, 0.25) is 0 Å². The lowest BCUT2D eigenvalue weighted by atomic mass is 10.2. The molecule has 0 bridgehead atoms. The minimum absolute atomic E-state index is 0.0297. The number of amides is 1. The Morgan fingerprint density at radius 1 is 1.50 bits per heavy atom. The number of thiophene rings is 1. The number of hydrogen-bond acceptors (Lipinski definition) is 3. The van der Waals surface area contributed by atoms with E-state index < -0.39 is 5.97 Å². The second-order valence-corrected chi connectivity index (χ2v) is 4.57. The van der Waals surface area contributed by atoms with Gasteiger partial charge in [0.1, 0.15) is 0 Å². The van der Waals surface area contributed by atoms with E-state index in [0.29, 0.717) is 13.0 Å². The van der Waals surface area contributed by atoms with Gasteiger partial charge < -0.3 is 10.0 Å². The number of carboxylic acid groups (broad SMARTS) is 1. The molecule has 0 unspecified atom stereocenters. The second-order valence-electron chi connectivity index (χ2n) is 3.66. The van der Waals surface area contributed by atoms with Crippen molar-refractivity contribution in [1.29, 1.82) is 0 Å². The van der Waals surface area contributed by atoms with Crippen LogP contribution in [0.25, 0.3) is 0 Å². The lowest BCUT2D eigenvalue weighted by Crippen LogP contribution is -2.27. The SMILES string of the molecule is Cc1ccsc1C(=O)N(C)CCCC(=O)O. The summed E-state index contributed by atoms with van der Waals surface area (Å²) in [6, 6.07) is 1.91. The third-order valence-corrected chi connectivity index (χ3v) is 3.29. The molecule has 16 heavy (non-hydrogen) atoms. The molecule has 0 saturated heterocycles. The molecule has 5 heteroatoms. The monoisotopic (exact) mass is 241 g/mol. The molecule has 1 heterocycles. The molecule has 1 rings (SSSR count). The zero-order valence-corrected chi connectivity index (χ0v) is 10.2. The quantitative estimate of drug-likeness (QED) is 0.857. The van der Waals surface area contributed by atoms with Crippen molar-refractivity contribution in [2.24, 2.45) is 0 Å². The maximum Gasteiger partial charge on any atom is 0.303 e. The smallest absolute Gasteiger partial charge is 0.303 e. The van der Waals surface area contributed by atoms with Gasteiger partial charge in [-0.1, -0.05) is 0 Å². The van der Waals surface area contributed by atoms with E-state index in [9.17, 15) is 9.59 Å². The van der Waals surface area contributed by atoms with Crippen molar-refractivity contribution in [3.63, 3.8) is 0 Å². The highest BCUT2D eigenvalue weighted by Gasteiger charge is 2.15. The lowest BCUT2D eigenvalue weighted by molar-refractivity contribution is -0.137. The van der Waals surface area contributed by atoms with Crippen LogP contribution in [0.5, 0.6) is 0 Å². The molecule has 0 atom stereocenters. The largest absolute Gasteiger partial charge is 0.481 e. The van der Waals surface area contributed by atoms with Crippen molar-refractivity contribution < 1.29 is 14.7 Å². The summed E-state index contributed by atoms with van der Waals surface area (Å²) >= 11 is 1.42. The molecule has 0 aromatic carbocycles. The van der Waals surface area contributed by atoms with Crippen LogP contribution in [-0.2, 0) is 4.79 Å². The van der Waals surface area contributed by atoms with Gasteiger partial charge in [-0.3, -0.25) is 9.59 Å². The lowest BCUT2D eigenvalue weighted by Gasteiger charge is -2.16. The van der Waals surface area contributed by atoms with Crippen LogP contribution in [-0.4, -0.2) is 35.5 Å². The van der Waals surface area contributed by atoms with E-state index in [2.05, 4.69) is 0 Å². The summed E-state index contributed by atoms with van der Waals surface area (Å²) in [6.07, 6.45) is 0.586. The first-order chi connectivity index (χ1) is 7.52. The van der Waals surface area contributed by atoms with Gasteiger partial charge in [-0.15, -0.1) is 11.3 Å². The van der Waals surface area contributed by atoms with Crippen molar-refractivity contribution in [2.45, 2.75) is 19.8 Å². The van der Waals surface area contributed by atoms with Crippen LogP contribution < -0.4 is 0 Å². The van der Waals surface area contributed by atoms with Gasteiger partial charge in [0.25, 0.3) is 5.91 Å². The molecule has 0 fully saturated rings. The van der Waals surface area contributed by atoms with Crippen molar-refractivity contribution >= 4 is 23.2 Å². The van der Waals surface area contributed by atoms with E-state index in [4.69, 9.17) is 5.11 Å².